The molecule has 0 radical (unpaired) electrons. The zero-order valence-electron chi connectivity index (χ0n) is 21.1. The molecule has 10 nitrogen and oxygen atoms in total. The molecule has 1 N–H and O–H groups in total. The summed E-state index contributed by atoms with van der Waals surface area (Å²) in [6, 6.07) is 13.7. The van der Waals surface area contributed by atoms with Crippen LogP contribution in [0.15, 0.2) is 60.9 Å². The molecule has 0 saturated carbocycles. The molecule has 0 atom stereocenters. The Kier molecular flexibility index (Phi) is 8.44. The van der Waals surface area contributed by atoms with E-state index in [4.69, 9.17) is 35.3 Å². The van der Waals surface area contributed by atoms with Crippen molar-refractivity contribution in [3.05, 3.63) is 82.6 Å². The van der Waals surface area contributed by atoms with E-state index in [1.807, 2.05) is 6.07 Å². The second-order valence-corrected chi connectivity index (χ2v) is 8.16. The van der Waals surface area contributed by atoms with Crippen molar-refractivity contribution in [1.82, 2.24) is 15.0 Å². The monoisotopic (exact) mass is 536 g/mol. The number of ketones is 1. The van der Waals surface area contributed by atoms with Gasteiger partial charge in [0.05, 0.1) is 39.0 Å². The number of methoxy groups -OCH3 is 4. The van der Waals surface area contributed by atoms with E-state index >= 15 is 0 Å². The number of nitrogens with one attached hydrogen (secondary N) is 1. The molecule has 2 aromatic heterocycles. The quantitative estimate of drug-likeness (QED) is 0.257. The predicted molar refractivity (Wildman–Crippen MR) is 141 cm³/mol. The van der Waals surface area contributed by atoms with Crippen molar-refractivity contribution in [3.8, 4) is 34.9 Å². The van der Waals surface area contributed by atoms with Crippen LogP contribution in [-0.2, 0) is 6.54 Å². The first-order chi connectivity index (χ1) is 18.5. The third kappa shape index (κ3) is 5.87. The van der Waals surface area contributed by atoms with E-state index in [9.17, 15) is 4.79 Å². The highest BCUT2D eigenvalue weighted by atomic mass is 35.5. The summed E-state index contributed by atoms with van der Waals surface area (Å²) in [4.78, 5) is 26.5. The van der Waals surface area contributed by atoms with E-state index in [0.29, 0.717) is 40.4 Å². The molecule has 0 spiro atoms. The van der Waals surface area contributed by atoms with Gasteiger partial charge in [-0.05, 0) is 35.9 Å². The molecule has 11 heteroatoms. The van der Waals surface area contributed by atoms with Gasteiger partial charge in [0, 0.05) is 30.6 Å². The fraction of sp³-hybridized carbons (Fsp3) is 0.185. The molecule has 4 aromatic rings. The summed E-state index contributed by atoms with van der Waals surface area (Å²) < 4.78 is 27.1. The first-order valence-corrected chi connectivity index (χ1v) is 11.7. The zero-order chi connectivity index (χ0) is 27.1. The molecule has 0 saturated heterocycles. The van der Waals surface area contributed by atoms with Crippen LogP contribution in [0.4, 0.5) is 5.82 Å². The Morgan fingerprint density at radius 2 is 1.63 bits per heavy atom. The van der Waals surface area contributed by atoms with E-state index in [-0.39, 0.29) is 28.7 Å². The minimum Gasteiger partial charge on any atom is -0.495 e. The zero-order valence-corrected chi connectivity index (χ0v) is 21.9. The minimum absolute atomic E-state index is 0.0143. The molecule has 38 heavy (non-hydrogen) atoms. The number of pyridine rings is 1. The standard InChI is InChI=1S/C27H25ClN4O6/c1-34-20-9-8-16(11-19(20)28)14-30-26-18(15-31-27(32-26)38-23-7-5-6-10-29-23)24(33)17-12-21(35-2)25(37-4)22(13-17)36-3/h5-13,15H,14H2,1-4H3,(H,30,31,32). The Hall–Kier alpha value is -4.57. The molecule has 2 heterocycles. The summed E-state index contributed by atoms with van der Waals surface area (Å²) in [7, 11) is 5.99. The smallest absolute Gasteiger partial charge is 0.325 e. The fourth-order valence-electron chi connectivity index (χ4n) is 3.59. The Bertz CT molecular complexity index is 1410. The molecular weight excluding hydrogens is 512 g/mol. The van der Waals surface area contributed by atoms with Gasteiger partial charge >= 0.3 is 6.01 Å². The highest BCUT2D eigenvalue weighted by Gasteiger charge is 2.22. The highest BCUT2D eigenvalue weighted by Crippen LogP contribution is 2.39. The molecule has 0 amide bonds. The Morgan fingerprint density at radius 3 is 2.24 bits per heavy atom. The molecule has 0 fully saturated rings. The third-order valence-electron chi connectivity index (χ3n) is 5.45. The molecule has 0 aliphatic heterocycles. The predicted octanol–water partition coefficient (Wildman–Crippen LogP) is 5.19. The summed E-state index contributed by atoms with van der Waals surface area (Å²) in [6.45, 7) is 0.305. The SMILES string of the molecule is COc1ccc(CNc2nc(Oc3ccccn3)ncc2C(=O)c2cc(OC)c(OC)c(OC)c2)cc1Cl. The minimum atomic E-state index is -0.371. The summed E-state index contributed by atoms with van der Waals surface area (Å²) in [5, 5.41) is 3.65. The van der Waals surface area contributed by atoms with Gasteiger partial charge in [0.25, 0.3) is 0 Å². The van der Waals surface area contributed by atoms with Crippen LogP contribution in [0.1, 0.15) is 21.5 Å². The van der Waals surface area contributed by atoms with Crippen LogP contribution in [0.5, 0.6) is 34.9 Å². The summed E-state index contributed by atoms with van der Waals surface area (Å²) >= 11 is 6.28. The van der Waals surface area contributed by atoms with Crippen molar-refractivity contribution >= 4 is 23.2 Å². The number of rotatable bonds is 11. The first-order valence-electron chi connectivity index (χ1n) is 11.3. The van der Waals surface area contributed by atoms with Crippen LogP contribution in [0, 0.1) is 0 Å². The van der Waals surface area contributed by atoms with E-state index in [1.54, 1.807) is 55.8 Å². The average Bonchev–Trinajstić information content (AvgIpc) is 2.95. The number of carbonyl (C=O) groups is 1. The van der Waals surface area contributed by atoms with Crippen molar-refractivity contribution in [2.45, 2.75) is 6.54 Å². The molecule has 0 bridgehead atoms. The number of hydrogen-bond donors (Lipinski definition) is 1. The van der Waals surface area contributed by atoms with Gasteiger partial charge in [-0.1, -0.05) is 23.7 Å². The van der Waals surface area contributed by atoms with Crippen molar-refractivity contribution in [2.75, 3.05) is 33.8 Å². The Morgan fingerprint density at radius 1 is 0.895 bits per heavy atom. The molecular formula is C27H25ClN4O6. The van der Waals surface area contributed by atoms with Crippen molar-refractivity contribution in [1.29, 1.82) is 0 Å². The van der Waals surface area contributed by atoms with Crippen LogP contribution in [-0.4, -0.2) is 49.2 Å². The van der Waals surface area contributed by atoms with Crippen LogP contribution >= 0.6 is 11.6 Å². The lowest BCUT2D eigenvalue weighted by Crippen LogP contribution is -2.12. The lowest BCUT2D eigenvalue weighted by Gasteiger charge is -2.15. The maximum absolute atomic E-state index is 13.7. The second kappa shape index (κ2) is 12.1. The van der Waals surface area contributed by atoms with Crippen LogP contribution in [0.3, 0.4) is 0 Å². The third-order valence-corrected chi connectivity index (χ3v) is 5.74. The van der Waals surface area contributed by atoms with Gasteiger partial charge < -0.3 is 29.0 Å². The average molecular weight is 537 g/mol. The number of nitrogens with zero attached hydrogens (tertiary/aromatic N) is 3. The molecule has 196 valence electrons. The summed E-state index contributed by atoms with van der Waals surface area (Å²) in [5.74, 6) is 1.80. The molecule has 2 aromatic carbocycles. The number of benzene rings is 2. The van der Waals surface area contributed by atoms with Gasteiger partial charge in [0.15, 0.2) is 17.3 Å². The van der Waals surface area contributed by atoms with Crippen LogP contribution < -0.4 is 29.0 Å². The number of halogens is 1. The number of ether oxygens (including phenoxy) is 5. The largest absolute Gasteiger partial charge is 0.495 e. The lowest BCUT2D eigenvalue weighted by atomic mass is 10.0. The molecule has 0 unspecified atom stereocenters. The van der Waals surface area contributed by atoms with Gasteiger partial charge in [-0.2, -0.15) is 4.98 Å². The topological polar surface area (TPSA) is 114 Å². The Labute approximate surface area is 224 Å². The van der Waals surface area contributed by atoms with E-state index < -0.39 is 0 Å². The van der Waals surface area contributed by atoms with Gasteiger partial charge in [-0.3, -0.25) is 4.79 Å². The van der Waals surface area contributed by atoms with E-state index in [0.717, 1.165) is 5.56 Å². The summed E-state index contributed by atoms with van der Waals surface area (Å²) in [6.07, 6.45) is 2.98. The number of hydrogen-bond acceptors (Lipinski definition) is 10. The Balaban J connectivity index is 1.71. The van der Waals surface area contributed by atoms with Crippen molar-refractivity contribution in [3.63, 3.8) is 0 Å². The van der Waals surface area contributed by atoms with Crippen molar-refractivity contribution in [2.24, 2.45) is 0 Å². The van der Waals surface area contributed by atoms with E-state index in [1.165, 1.54) is 27.5 Å². The van der Waals surface area contributed by atoms with Gasteiger partial charge in [0.1, 0.15) is 11.6 Å². The number of aromatic nitrogens is 3. The first kappa shape index (κ1) is 26.5. The normalized spacial score (nSPS) is 10.4. The number of carbonyl (C=O) groups excluding carboxylic acids is 1. The van der Waals surface area contributed by atoms with Crippen LogP contribution in [0.25, 0.3) is 0 Å². The maximum atomic E-state index is 13.7. The van der Waals surface area contributed by atoms with E-state index in [2.05, 4.69) is 20.3 Å². The molecule has 0 aliphatic carbocycles. The van der Waals surface area contributed by atoms with Gasteiger partial charge in [-0.25, -0.2) is 9.97 Å². The lowest BCUT2D eigenvalue weighted by molar-refractivity contribution is 0.103. The summed E-state index contributed by atoms with van der Waals surface area (Å²) in [5.41, 5.74) is 1.33. The molecule has 0 aliphatic rings. The van der Waals surface area contributed by atoms with Crippen LogP contribution in [0.2, 0.25) is 5.02 Å². The highest BCUT2D eigenvalue weighted by molar-refractivity contribution is 6.32. The van der Waals surface area contributed by atoms with Gasteiger partial charge in [-0.15, -0.1) is 0 Å². The molecule has 4 rings (SSSR count). The van der Waals surface area contributed by atoms with Gasteiger partial charge in [0.2, 0.25) is 11.6 Å². The maximum Gasteiger partial charge on any atom is 0.325 e. The van der Waals surface area contributed by atoms with Crippen molar-refractivity contribution < 1.29 is 28.5 Å². The fourth-order valence-corrected chi connectivity index (χ4v) is 3.87. The second-order valence-electron chi connectivity index (χ2n) is 7.75. The number of anilines is 1.